The molecule has 3 aliphatic rings. The zero-order valence-electron chi connectivity index (χ0n) is 27.8. The van der Waals surface area contributed by atoms with E-state index in [1.807, 2.05) is 40.0 Å². The average molecular weight is 697 g/mol. The summed E-state index contributed by atoms with van der Waals surface area (Å²) in [5.74, 6) is 0.240. The van der Waals surface area contributed by atoms with Crippen LogP contribution in [0.3, 0.4) is 0 Å². The Labute approximate surface area is 288 Å². The average Bonchev–Trinajstić information content (AvgIpc) is 3.35. The number of nitrogens with one attached hydrogen (secondary N) is 2. The summed E-state index contributed by atoms with van der Waals surface area (Å²) in [6, 6.07) is 3.59. The number of allylic oxidation sites excluding steroid dienone is 1. The number of alkyl carbamates (subject to hydrolysis) is 1. The van der Waals surface area contributed by atoms with Gasteiger partial charge in [-0.2, -0.15) is 0 Å². The van der Waals surface area contributed by atoms with E-state index in [1.165, 1.54) is 28.9 Å². The lowest BCUT2D eigenvalue weighted by Gasteiger charge is -2.35. The molecule has 4 N–H and O–H groups in total. The second kappa shape index (κ2) is 13.1. The zero-order valence-corrected chi connectivity index (χ0v) is 29.4. The molecule has 0 bridgehead atoms. The van der Waals surface area contributed by atoms with Crippen molar-refractivity contribution in [1.82, 2.24) is 20.2 Å². The van der Waals surface area contributed by atoms with Crippen LogP contribution < -0.4 is 25.8 Å². The molecule has 2 aromatic heterocycles. The molecule has 3 amide bonds. The SMILES string of the molecule is COc1ccc2c(O[C@@H]3C[C@@H](C(N)=O)N(C(=O)[C@@H](NC(=O)OC4CC5=C[C@@H]5C4)C(C)(C)C)C3)cc(-c3csc(NC(C)C)n3)nc2c1Cl. The summed E-state index contributed by atoms with van der Waals surface area (Å²) >= 11 is 8.20. The molecule has 1 saturated carbocycles. The van der Waals surface area contributed by atoms with Crippen LogP contribution in [-0.2, 0) is 14.3 Å². The molecule has 14 heteroatoms. The van der Waals surface area contributed by atoms with E-state index in [9.17, 15) is 14.4 Å². The first-order chi connectivity index (χ1) is 22.7. The van der Waals surface area contributed by atoms with Gasteiger partial charge in [0.15, 0.2) is 5.13 Å². The standard InChI is InChI=1S/C34H41ClN6O6S/c1-16(2)37-32-39-23(15-48-32)22-13-26(21-7-8-25(45-6)27(35)28(21)38-22)46-20-12-24(30(36)42)41(14-20)31(43)29(34(3,4)5)40-33(44)47-19-10-17-9-18(17)11-19/h7-9,13,15-17,19-20,24,29H,10-12,14H2,1-6H3,(H2,36,42)(H,37,39)(H,40,44)/t17-,19?,20-,24+,29-/m1/s1. The Morgan fingerprint density at radius 2 is 1.88 bits per heavy atom. The topological polar surface area (TPSA) is 158 Å². The van der Waals surface area contributed by atoms with E-state index < -0.39 is 41.5 Å². The van der Waals surface area contributed by atoms with E-state index >= 15 is 0 Å². The number of pyridine rings is 1. The molecule has 12 nitrogen and oxygen atoms in total. The van der Waals surface area contributed by atoms with E-state index in [1.54, 1.807) is 18.2 Å². The molecular weight excluding hydrogens is 656 g/mol. The molecule has 1 aromatic carbocycles. The van der Waals surface area contributed by atoms with Crippen LogP contribution in [0.4, 0.5) is 9.93 Å². The number of halogens is 1. The van der Waals surface area contributed by atoms with Crippen molar-refractivity contribution in [1.29, 1.82) is 0 Å². The van der Waals surface area contributed by atoms with Crippen molar-refractivity contribution in [3.8, 4) is 22.9 Å². The van der Waals surface area contributed by atoms with Crippen molar-refractivity contribution in [2.24, 2.45) is 17.1 Å². The van der Waals surface area contributed by atoms with Gasteiger partial charge < -0.3 is 35.5 Å². The van der Waals surface area contributed by atoms with Crippen LogP contribution in [0.25, 0.3) is 22.3 Å². The van der Waals surface area contributed by atoms with Gasteiger partial charge in [-0.1, -0.05) is 44.0 Å². The molecule has 5 atom stereocenters. The maximum atomic E-state index is 14.1. The van der Waals surface area contributed by atoms with E-state index in [-0.39, 0.29) is 25.1 Å². The van der Waals surface area contributed by atoms with Crippen molar-refractivity contribution < 1.29 is 28.6 Å². The Morgan fingerprint density at radius 1 is 1.10 bits per heavy atom. The molecule has 0 radical (unpaired) electrons. The second-order valence-electron chi connectivity index (χ2n) is 14.0. The van der Waals surface area contributed by atoms with Gasteiger partial charge in [0.2, 0.25) is 11.8 Å². The first-order valence-electron chi connectivity index (χ1n) is 16.1. The maximum Gasteiger partial charge on any atom is 0.408 e. The summed E-state index contributed by atoms with van der Waals surface area (Å²) in [4.78, 5) is 50.7. The largest absolute Gasteiger partial charge is 0.495 e. The molecule has 1 aliphatic heterocycles. The number of primary amides is 1. The monoisotopic (exact) mass is 696 g/mol. The summed E-state index contributed by atoms with van der Waals surface area (Å²) in [6.45, 7) is 9.67. The molecular formula is C34H41ClN6O6S. The normalized spacial score (nSPS) is 22.2. The molecule has 1 saturated heterocycles. The third-order valence-corrected chi connectivity index (χ3v) is 9.96. The van der Waals surface area contributed by atoms with Gasteiger partial charge in [0.1, 0.15) is 46.5 Å². The minimum atomic E-state index is -0.973. The number of ether oxygens (including phenoxy) is 3. The number of methoxy groups -OCH3 is 1. The number of hydrogen-bond donors (Lipinski definition) is 3. The number of likely N-dealkylation sites (tertiary alicyclic amines) is 1. The number of fused-ring (bicyclic) bond motifs is 2. The molecule has 3 heterocycles. The molecule has 2 aliphatic carbocycles. The molecule has 1 unspecified atom stereocenters. The number of carbonyl (C=O) groups is 3. The number of amides is 3. The Balaban J connectivity index is 1.26. The smallest absolute Gasteiger partial charge is 0.408 e. The fourth-order valence-corrected chi connectivity index (χ4v) is 7.50. The van der Waals surface area contributed by atoms with Gasteiger partial charge in [0.05, 0.1) is 24.9 Å². The van der Waals surface area contributed by atoms with Crippen molar-refractivity contribution in [2.45, 2.75) is 84.2 Å². The molecule has 2 fully saturated rings. The number of hydrogen-bond acceptors (Lipinski definition) is 10. The zero-order chi connectivity index (χ0) is 34.5. The molecule has 6 rings (SSSR count). The van der Waals surface area contributed by atoms with Crippen molar-refractivity contribution in [3.63, 3.8) is 0 Å². The predicted octanol–water partition coefficient (Wildman–Crippen LogP) is 5.53. The van der Waals surface area contributed by atoms with E-state index in [0.717, 1.165) is 18.0 Å². The third kappa shape index (κ3) is 7.02. The van der Waals surface area contributed by atoms with E-state index in [4.69, 9.17) is 41.5 Å². The first-order valence-corrected chi connectivity index (χ1v) is 17.3. The number of nitrogens with zero attached hydrogens (tertiary/aromatic N) is 3. The highest BCUT2D eigenvalue weighted by Gasteiger charge is 2.46. The lowest BCUT2D eigenvalue weighted by molar-refractivity contribution is -0.141. The first kappa shape index (κ1) is 33.8. The van der Waals surface area contributed by atoms with Crippen LogP contribution in [-0.4, -0.2) is 76.8 Å². The highest BCUT2D eigenvalue weighted by molar-refractivity contribution is 7.14. The van der Waals surface area contributed by atoms with E-state index in [0.29, 0.717) is 44.7 Å². The summed E-state index contributed by atoms with van der Waals surface area (Å²) < 4.78 is 17.7. The van der Waals surface area contributed by atoms with Crippen LogP contribution in [0.2, 0.25) is 5.02 Å². The number of benzene rings is 1. The van der Waals surface area contributed by atoms with Gasteiger partial charge in [-0.15, -0.1) is 11.3 Å². The highest BCUT2D eigenvalue weighted by Crippen LogP contribution is 2.45. The van der Waals surface area contributed by atoms with Crippen molar-refractivity contribution in [3.05, 3.63) is 40.3 Å². The van der Waals surface area contributed by atoms with Crippen LogP contribution in [0.1, 0.15) is 53.9 Å². The Kier molecular flexibility index (Phi) is 9.20. The summed E-state index contributed by atoms with van der Waals surface area (Å²) in [7, 11) is 1.53. The number of carbonyl (C=O) groups excluding carboxylic acids is 3. The Morgan fingerprint density at radius 3 is 2.52 bits per heavy atom. The number of nitrogens with two attached hydrogens (primary N) is 1. The van der Waals surface area contributed by atoms with Gasteiger partial charge in [-0.25, -0.2) is 14.8 Å². The highest BCUT2D eigenvalue weighted by atomic mass is 35.5. The lowest BCUT2D eigenvalue weighted by atomic mass is 9.85. The van der Waals surface area contributed by atoms with Crippen molar-refractivity contribution in [2.75, 3.05) is 19.0 Å². The second-order valence-corrected chi connectivity index (χ2v) is 15.2. The summed E-state index contributed by atoms with van der Waals surface area (Å²) in [6.07, 6.45) is 2.36. The van der Waals surface area contributed by atoms with Crippen LogP contribution in [0.5, 0.6) is 11.5 Å². The van der Waals surface area contributed by atoms with Gasteiger partial charge in [-0.3, -0.25) is 9.59 Å². The molecule has 256 valence electrons. The molecule has 48 heavy (non-hydrogen) atoms. The number of anilines is 1. The van der Waals surface area contributed by atoms with Crippen LogP contribution in [0.15, 0.2) is 35.2 Å². The number of aromatic nitrogens is 2. The molecule has 0 spiro atoms. The Bertz CT molecular complexity index is 1790. The van der Waals surface area contributed by atoms with Gasteiger partial charge in [0.25, 0.3) is 0 Å². The fraction of sp³-hybridized carbons (Fsp3) is 0.500. The van der Waals surface area contributed by atoms with Crippen molar-refractivity contribution >= 4 is 56.9 Å². The van der Waals surface area contributed by atoms with Crippen LogP contribution >= 0.6 is 22.9 Å². The van der Waals surface area contributed by atoms with Crippen LogP contribution in [0, 0.1) is 11.3 Å². The van der Waals surface area contributed by atoms with Gasteiger partial charge in [0, 0.05) is 41.6 Å². The predicted molar refractivity (Wildman–Crippen MR) is 184 cm³/mol. The Hall–Kier alpha value is -4.10. The molecule has 3 aromatic rings. The fourth-order valence-electron chi connectivity index (χ4n) is 6.36. The maximum absolute atomic E-state index is 14.1. The minimum Gasteiger partial charge on any atom is -0.495 e. The quantitative estimate of drug-likeness (QED) is 0.232. The summed E-state index contributed by atoms with van der Waals surface area (Å²) in [5, 5.41) is 9.67. The van der Waals surface area contributed by atoms with Gasteiger partial charge in [-0.05, 0) is 37.8 Å². The number of thiazole rings is 1. The third-order valence-electron chi connectivity index (χ3n) is 8.82. The number of rotatable bonds is 10. The lowest BCUT2D eigenvalue weighted by Crippen LogP contribution is -2.57. The summed E-state index contributed by atoms with van der Waals surface area (Å²) in [5.41, 5.74) is 8.08. The van der Waals surface area contributed by atoms with E-state index in [2.05, 4.69) is 16.7 Å². The minimum absolute atomic E-state index is 0.0659. The van der Waals surface area contributed by atoms with Gasteiger partial charge >= 0.3 is 6.09 Å².